The molecule has 0 aliphatic rings. The topological polar surface area (TPSA) is 44.5 Å². The third-order valence-corrected chi connectivity index (χ3v) is 1.82. The Kier molecular flexibility index (Phi) is 2.36. The molecule has 0 N–H and O–H groups in total. The molecule has 0 aliphatic heterocycles. The lowest BCUT2D eigenvalue weighted by atomic mass is 10.3. The summed E-state index contributed by atoms with van der Waals surface area (Å²) in [5, 5.41) is 0. The monoisotopic (exact) mass is 166 g/mol. The second-order valence-corrected chi connectivity index (χ2v) is 2.78. The summed E-state index contributed by atoms with van der Waals surface area (Å²) in [4.78, 5) is 3.33. The first-order valence-corrected chi connectivity index (χ1v) is 3.88. The summed E-state index contributed by atoms with van der Waals surface area (Å²) in [5.74, 6) is 0. The Morgan fingerprint density at radius 1 is 1.36 bits per heavy atom. The van der Waals surface area contributed by atoms with E-state index in [0.29, 0.717) is 5.69 Å². The molecule has 0 saturated heterocycles. The van der Waals surface area contributed by atoms with Gasteiger partial charge in [-0.25, -0.2) is 4.85 Å². The lowest BCUT2D eigenvalue weighted by Crippen LogP contribution is -1.85. The summed E-state index contributed by atoms with van der Waals surface area (Å²) in [6.07, 6.45) is 0. The summed E-state index contributed by atoms with van der Waals surface area (Å²) in [7, 11) is 0. The maximum absolute atomic E-state index is 10.3. The van der Waals surface area contributed by atoms with Gasteiger partial charge in [-0.2, -0.15) is 0 Å². The molecule has 1 aromatic carbocycles. The summed E-state index contributed by atoms with van der Waals surface area (Å²) in [6.45, 7) is 6.59. The maximum atomic E-state index is 10.3. The van der Waals surface area contributed by atoms with E-state index in [1.165, 1.54) is 24.3 Å². The van der Waals surface area contributed by atoms with Gasteiger partial charge in [0.15, 0.2) is 5.69 Å². The predicted molar refractivity (Wildman–Crippen MR) is 39.9 cm³/mol. The highest BCUT2D eigenvalue weighted by atomic mass is 32.2. The van der Waals surface area contributed by atoms with Crippen molar-refractivity contribution in [2.45, 2.75) is 4.90 Å². The lowest BCUT2D eigenvalue weighted by molar-refractivity contribution is 0.537. The van der Waals surface area contributed by atoms with Crippen molar-refractivity contribution < 1.29 is 8.76 Å². The Labute approximate surface area is 66.8 Å². The summed E-state index contributed by atoms with van der Waals surface area (Å²) < 4.78 is 20.6. The Morgan fingerprint density at radius 2 is 1.91 bits per heavy atom. The maximum Gasteiger partial charge on any atom is 0.187 e. The van der Waals surface area contributed by atoms with Crippen LogP contribution in [-0.2, 0) is 11.1 Å². The van der Waals surface area contributed by atoms with Crippen molar-refractivity contribution in [3.63, 3.8) is 0 Å². The molecule has 1 atom stereocenters. The van der Waals surface area contributed by atoms with Crippen LogP contribution in [0.25, 0.3) is 4.85 Å². The first kappa shape index (κ1) is 7.92. The number of hydrogen-bond acceptors (Lipinski definition) is 2. The largest absolute Gasteiger partial charge is 0.768 e. The smallest absolute Gasteiger partial charge is 0.187 e. The van der Waals surface area contributed by atoms with E-state index >= 15 is 0 Å². The van der Waals surface area contributed by atoms with Gasteiger partial charge in [0.05, 0.1) is 6.57 Å². The predicted octanol–water partition coefficient (Wildman–Crippen LogP) is 1.48. The SMILES string of the molecule is [C-]#[N+]c1ccc(S(=O)[O-])cc1. The summed E-state index contributed by atoms with van der Waals surface area (Å²) in [5.41, 5.74) is 0.444. The molecule has 56 valence electrons. The highest BCUT2D eigenvalue weighted by Gasteiger charge is 1.91. The average molecular weight is 166 g/mol. The van der Waals surface area contributed by atoms with Crippen LogP contribution >= 0.6 is 0 Å². The number of benzene rings is 1. The molecule has 0 bridgehead atoms. The van der Waals surface area contributed by atoms with E-state index in [9.17, 15) is 8.76 Å². The van der Waals surface area contributed by atoms with Crippen LogP contribution in [0.4, 0.5) is 5.69 Å². The molecule has 0 fully saturated rings. The van der Waals surface area contributed by atoms with Gasteiger partial charge >= 0.3 is 0 Å². The van der Waals surface area contributed by atoms with Crippen LogP contribution in [-0.4, -0.2) is 8.76 Å². The van der Waals surface area contributed by atoms with Crippen molar-refractivity contribution in [3.8, 4) is 0 Å². The van der Waals surface area contributed by atoms with Gasteiger partial charge in [0.25, 0.3) is 0 Å². The molecular weight excluding hydrogens is 162 g/mol. The molecule has 1 rings (SSSR count). The van der Waals surface area contributed by atoms with Crippen molar-refractivity contribution in [3.05, 3.63) is 35.7 Å². The van der Waals surface area contributed by atoms with Gasteiger partial charge < -0.3 is 4.55 Å². The third kappa shape index (κ3) is 1.87. The van der Waals surface area contributed by atoms with Crippen molar-refractivity contribution >= 4 is 16.8 Å². The van der Waals surface area contributed by atoms with Crippen molar-refractivity contribution in [2.75, 3.05) is 0 Å². The number of hydrogen-bond donors (Lipinski definition) is 0. The average Bonchev–Trinajstić information content (AvgIpc) is 2.05. The molecule has 3 nitrogen and oxygen atoms in total. The minimum Gasteiger partial charge on any atom is -0.768 e. The van der Waals surface area contributed by atoms with Crippen LogP contribution in [0, 0.1) is 6.57 Å². The van der Waals surface area contributed by atoms with Gasteiger partial charge in [0.2, 0.25) is 0 Å². The molecule has 0 spiro atoms. The van der Waals surface area contributed by atoms with E-state index in [2.05, 4.69) is 4.85 Å². The first-order valence-electron chi connectivity index (χ1n) is 2.81. The zero-order valence-electron chi connectivity index (χ0n) is 5.48. The van der Waals surface area contributed by atoms with Gasteiger partial charge in [0, 0.05) is 4.90 Å². The molecule has 0 aromatic heterocycles. The molecule has 0 aliphatic carbocycles. The fourth-order valence-electron chi connectivity index (χ4n) is 0.632. The van der Waals surface area contributed by atoms with Crippen LogP contribution in [0.2, 0.25) is 0 Å². The zero-order chi connectivity index (χ0) is 8.27. The molecular formula is C7H4NO2S-. The molecule has 11 heavy (non-hydrogen) atoms. The molecule has 0 saturated carbocycles. The van der Waals surface area contributed by atoms with Crippen LogP contribution in [0.5, 0.6) is 0 Å². The molecule has 0 amide bonds. The number of rotatable bonds is 1. The minimum atomic E-state index is -2.19. The normalized spacial score (nSPS) is 12.0. The van der Waals surface area contributed by atoms with Crippen molar-refractivity contribution in [1.29, 1.82) is 0 Å². The van der Waals surface area contributed by atoms with Crippen molar-refractivity contribution in [2.24, 2.45) is 0 Å². The highest BCUT2D eigenvalue weighted by Crippen LogP contribution is 2.13. The first-order chi connectivity index (χ1) is 5.24. The molecule has 1 aromatic rings. The minimum absolute atomic E-state index is 0.206. The van der Waals surface area contributed by atoms with Crippen LogP contribution < -0.4 is 0 Å². The summed E-state index contributed by atoms with van der Waals surface area (Å²) >= 11 is -2.19. The second-order valence-electron chi connectivity index (χ2n) is 1.84. The molecule has 0 heterocycles. The van der Waals surface area contributed by atoms with E-state index in [1.54, 1.807) is 0 Å². The van der Waals surface area contributed by atoms with Crippen LogP contribution in [0.1, 0.15) is 0 Å². The fourth-order valence-corrected chi connectivity index (χ4v) is 0.990. The van der Waals surface area contributed by atoms with E-state index in [-0.39, 0.29) is 4.90 Å². The standard InChI is InChI=1S/C7H5NO2S/c1-8-6-2-4-7(5-3-6)11(9)10/h2-5H,(H,9,10)/p-1. The lowest BCUT2D eigenvalue weighted by Gasteiger charge is -2.02. The fraction of sp³-hybridized carbons (Fsp3) is 0. The van der Waals surface area contributed by atoms with Gasteiger partial charge in [-0.1, -0.05) is 24.3 Å². The Balaban J connectivity index is 3.03. The Morgan fingerprint density at radius 3 is 2.27 bits per heavy atom. The van der Waals surface area contributed by atoms with Gasteiger partial charge in [0.1, 0.15) is 0 Å². The second kappa shape index (κ2) is 3.28. The summed E-state index contributed by atoms with van der Waals surface area (Å²) in [6, 6.07) is 5.74. The van der Waals surface area contributed by atoms with Gasteiger partial charge in [-0.05, 0) is 11.1 Å². The quantitative estimate of drug-likeness (QED) is 0.468. The molecule has 4 heteroatoms. The van der Waals surface area contributed by atoms with E-state index in [0.717, 1.165) is 0 Å². The Bertz CT molecular complexity index is 312. The van der Waals surface area contributed by atoms with Crippen LogP contribution in [0.3, 0.4) is 0 Å². The van der Waals surface area contributed by atoms with Crippen molar-refractivity contribution in [1.82, 2.24) is 0 Å². The van der Waals surface area contributed by atoms with Crippen LogP contribution in [0.15, 0.2) is 29.2 Å². The van der Waals surface area contributed by atoms with E-state index in [1.807, 2.05) is 0 Å². The Hall–Kier alpha value is -1.18. The molecule has 1 unspecified atom stereocenters. The zero-order valence-corrected chi connectivity index (χ0v) is 6.30. The van der Waals surface area contributed by atoms with E-state index < -0.39 is 11.1 Å². The van der Waals surface area contributed by atoms with Gasteiger partial charge in [-0.3, -0.25) is 4.21 Å². The number of nitrogens with zero attached hydrogens (tertiary/aromatic N) is 1. The third-order valence-electron chi connectivity index (χ3n) is 1.16. The molecule has 0 radical (unpaired) electrons. The van der Waals surface area contributed by atoms with Gasteiger partial charge in [-0.15, -0.1) is 0 Å². The van der Waals surface area contributed by atoms with E-state index in [4.69, 9.17) is 6.57 Å². The highest BCUT2D eigenvalue weighted by molar-refractivity contribution is 7.79.